The van der Waals surface area contributed by atoms with Gasteiger partial charge in [0.15, 0.2) is 0 Å². The SMILES string of the molecule is CC(NC(=O)c1c[nH]c2ccc([N+](=O)[O-])cc12)c1ccc(Br)cc1. The van der Waals surface area contributed by atoms with Gasteiger partial charge in [0, 0.05) is 33.7 Å². The molecule has 24 heavy (non-hydrogen) atoms. The summed E-state index contributed by atoms with van der Waals surface area (Å²) in [6.45, 7) is 1.89. The van der Waals surface area contributed by atoms with Crippen LogP contribution in [-0.4, -0.2) is 15.8 Å². The summed E-state index contributed by atoms with van der Waals surface area (Å²) in [4.78, 5) is 26.0. The van der Waals surface area contributed by atoms with Gasteiger partial charge in [-0.25, -0.2) is 0 Å². The largest absolute Gasteiger partial charge is 0.360 e. The van der Waals surface area contributed by atoms with Gasteiger partial charge in [0.25, 0.3) is 11.6 Å². The highest BCUT2D eigenvalue weighted by Crippen LogP contribution is 2.24. The number of nitro groups is 1. The second-order valence-corrected chi connectivity index (χ2v) is 6.35. The van der Waals surface area contributed by atoms with E-state index >= 15 is 0 Å². The number of fused-ring (bicyclic) bond motifs is 1. The molecule has 7 heteroatoms. The van der Waals surface area contributed by atoms with Crippen molar-refractivity contribution < 1.29 is 9.72 Å². The van der Waals surface area contributed by atoms with Gasteiger partial charge in [-0.3, -0.25) is 14.9 Å². The first-order chi connectivity index (χ1) is 11.5. The lowest BCUT2D eigenvalue weighted by atomic mass is 10.1. The first-order valence-electron chi connectivity index (χ1n) is 7.27. The molecule has 0 bridgehead atoms. The molecular weight excluding hydrogens is 374 g/mol. The van der Waals surface area contributed by atoms with Crippen LogP contribution in [0.3, 0.4) is 0 Å². The fraction of sp³-hybridized carbons (Fsp3) is 0.118. The Morgan fingerprint density at radius 2 is 1.96 bits per heavy atom. The Morgan fingerprint density at radius 1 is 1.25 bits per heavy atom. The number of nitrogens with zero attached hydrogens (tertiary/aromatic N) is 1. The number of H-pyrrole nitrogens is 1. The summed E-state index contributed by atoms with van der Waals surface area (Å²) in [6.07, 6.45) is 1.57. The number of halogens is 1. The minimum absolute atomic E-state index is 0.0443. The van der Waals surface area contributed by atoms with E-state index in [1.54, 1.807) is 12.3 Å². The van der Waals surface area contributed by atoms with Gasteiger partial charge < -0.3 is 10.3 Å². The van der Waals surface area contributed by atoms with E-state index in [9.17, 15) is 14.9 Å². The van der Waals surface area contributed by atoms with Gasteiger partial charge in [-0.05, 0) is 30.7 Å². The number of hydrogen-bond acceptors (Lipinski definition) is 3. The molecule has 2 aromatic carbocycles. The lowest BCUT2D eigenvalue weighted by Gasteiger charge is -2.14. The van der Waals surface area contributed by atoms with Crippen molar-refractivity contribution >= 4 is 38.4 Å². The minimum Gasteiger partial charge on any atom is -0.360 e. The summed E-state index contributed by atoms with van der Waals surface area (Å²) in [6, 6.07) is 11.9. The van der Waals surface area contributed by atoms with Crippen LogP contribution < -0.4 is 5.32 Å². The summed E-state index contributed by atoms with van der Waals surface area (Å²) in [5, 5.41) is 14.4. The molecule has 0 spiro atoms. The predicted octanol–water partition coefficient (Wildman–Crippen LogP) is 4.33. The Bertz CT molecular complexity index is 918. The molecule has 3 rings (SSSR count). The van der Waals surface area contributed by atoms with Gasteiger partial charge in [-0.1, -0.05) is 28.1 Å². The minimum atomic E-state index is -0.474. The molecule has 1 atom stereocenters. The van der Waals surface area contributed by atoms with E-state index in [0.717, 1.165) is 10.0 Å². The third-order valence-corrected chi connectivity index (χ3v) is 4.37. The Kier molecular flexibility index (Phi) is 4.35. The molecule has 0 aliphatic carbocycles. The zero-order valence-electron chi connectivity index (χ0n) is 12.7. The number of carbonyl (C=O) groups excluding carboxylic acids is 1. The number of benzene rings is 2. The number of nitrogens with one attached hydrogen (secondary N) is 2. The smallest absolute Gasteiger partial charge is 0.270 e. The van der Waals surface area contributed by atoms with E-state index in [1.807, 2.05) is 31.2 Å². The molecule has 2 N–H and O–H groups in total. The summed E-state index contributed by atoms with van der Waals surface area (Å²) in [5.41, 5.74) is 1.99. The molecule has 3 aromatic rings. The third kappa shape index (κ3) is 3.16. The molecular formula is C17H14BrN3O3. The number of non-ortho nitro benzene ring substituents is 1. The summed E-state index contributed by atoms with van der Waals surface area (Å²) in [5.74, 6) is -0.280. The van der Waals surface area contributed by atoms with E-state index in [4.69, 9.17) is 0 Å². The Labute approximate surface area is 146 Å². The molecule has 0 saturated carbocycles. The Morgan fingerprint density at radius 3 is 2.62 bits per heavy atom. The second kappa shape index (κ2) is 6.45. The summed E-state index contributed by atoms with van der Waals surface area (Å²) >= 11 is 3.38. The molecule has 0 radical (unpaired) electrons. The van der Waals surface area contributed by atoms with E-state index in [-0.39, 0.29) is 17.6 Å². The quantitative estimate of drug-likeness (QED) is 0.515. The number of aromatic amines is 1. The molecule has 0 fully saturated rings. The molecule has 6 nitrogen and oxygen atoms in total. The molecule has 0 aliphatic rings. The van der Waals surface area contributed by atoms with Crippen molar-refractivity contribution in [1.82, 2.24) is 10.3 Å². The average Bonchev–Trinajstić information content (AvgIpc) is 2.98. The zero-order chi connectivity index (χ0) is 17.3. The van der Waals surface area contributed by atoms with Crippen LogP contribution in [0.15, 0.2) is 53.1 Å². The lowest BCUT2D eigenvalue weighted by molar-refractivity contribution is -0.384. The number of aromatic nitrogens is 1. The first kappa shape index (κ1) is 16.2. The monoisotopic (exact) mass is 387 g/mol. The Hall–Kier alpha value is -2.67. The summed E-state index contributed by atoms with van der Waals surface area (Å²) in [7, 11) is 0. The van der Waals surface area contributed by atoms with Crippen LogP contribution in [0.2, 0.25) is 0 Å². The average molecular weight is 388 g/mol. The fourth-order valence-electron chi connectivity index (χ4n) is 2.52. The van der Waals surface area contributed by atoms with Gasteiger partial charge in [0.1, 0.15) is 0 Å². The van der Waals surface area contributed by atoms with Crippen LogP contribution in [0.1, 0.15) is 28.9 Å². The number of hydrogen-bond donors (Lipinski definition) is 2. The van der Waals surface area contributed by atoms with Crippen LogP contribution in [0, 0.1) is 10.1 Å². The highest BCUT2D eigenvalue weighted by atomic mass is 79.9. The number of amides is 1. The van der Waals surface area contributed by atoms with Gasteiger partial charge in [0.2, 0.25) is 0 Å². The van der Waals surface area contributed by atoms with Crippen molar-refractivity contribution in [2.75, 3.05) is 0 Å². The standard InChI is InChI=1S/C17H14BrN3O3/c1-10(11-2-4-12(18)5-3-11)20-17(22)15-9-19-16-7-6-13(21(23)24)8-14(15)16/h2-10,19H,1H3,(H,20,22). The zero-order valence-corrected chi connectivity index (χ0v) is 14.3. The number of carbonyl (C=O) groups is 1. The maximum absolute atomic E-state index is 12.5. The molecule has 0 saturated heterocycles. The molecule has 1 aromatic heterocycles. The van der Waals surface area contributed by atoms with E-state index in [2.05, 4.69) is 26.2 Å². The number of rotatable bonds is 4. The van der Waals surface area contributed by atoms with Crippen molar-refractivity contribution in [1.29, 1.82) is 0 Å². The van der Waals surface area contributed by atoms with Crippen molar-refractivity contribution in [2.24, 2.45) is 0 Å². The second-order valence-electron chi connectivity index (χ2n) is 5.44. The lowest BCUT2D eigenvalue weighted by Crippen LogP contribution is -2.26. The maximum atomic E-state index is 12.5. The van der Waals surface area contributed by atoms with Crippen molar-refractivity contribution in [2.45, 2.75) is 13.0 Å². The topological polar surface area (TPSA) is 88.0 Å². The van der Waals surface area contributed by atoms with Crippen LogP contribution in [0.4, 0.5) is 5.69 Å². The number of nitro benzene ring substituents is 1. The third-order valence-electron chi connectivity index (χ3n) is 3.84. The molecule has 1 heterocycles. The van der Waals surface area contributed by atoms with Gasteiger partial charge >= 0.3 is 0 Å². The van der Waals surface area contributed by atoms with Crippen molar-refractivity contribution in [3.05, 3.63) is 74.4 Å². The van der Waals surface area contributed by atoms with E-state index < -0.39 is 4.92 Å². The molecule has 1 unspecified atom stereocenters. The van der Waals surface area contributed by atoms with Crippen LogP contribution in [0.25, 0.3) is 10.9 Å². The van der Waals surface area contributed by atoms with Gasteiger partial charge in [-0.15, -0.1) is 0 Å². The fourth-order valence-corrected chi connectivity index (χ4v) is 2.78. The molecule has 0 aliphatic heterocycles. The van der Waals surface area contributed by atoms with E-state index in [0.29, 0.717) is 16.5 Å². The van der Waals surface area contributed by atoms with Crippen molar-refractivity contribution in [3.8, 4) is 0 Å². The predicted molar refractivity (Wildman–Crippen MR) is 95.0 cm³/mol. The maximum Gasteiger partial charge on any atom is 0.270 e. The van der Waals surface area contributed by atoms with Crippen LogP contribution >= 0.6 is 15.9 Å². The highest BCUT2D eigenvalue weighted by Gasteiger charge is 2.17. The highest BCUT2D eigenvalue weighted by molar-refractivity contribution is 9.10. The van der Waals surface area contributed by atoms with E-state index in [1.165, 1.54) is 12.1 Å². The normalized spacial score (nSPS) is 12.1. The summed E-state index contributed by atoms with van der Waals surface area (Å²) < 4.78 is 0.966. The van der Waals surface area contributed by atoms with Crippen LogP contribution in [-0.2, 0) is 0 Å². The van der Waals surface area contributed by atoms with Crippen molar-refractivity contribution in [3.63, 3.8) is 0 Å². The van der Waals surface area contributed by atoms with Gasteiger partial charge in [-0.2, -0.15) is 0 Å². The Balaban J connectivity index is 1.87. The van der Waals surface area contributed by atoms with Crippen LogP contribution in [0.5, 0.6) is 0 Å². The molecule has 122 valence electrons. The van der Waals surface area contributed by atoms with Gasteiger partial charge in [0.05, 0.1) is 16.5 Å². The first-order valence-corrected chi connectivity index (χ1v) is 8.07. The molecule has 1 amide bonds.